The molecule has 1 aromatic heterocycles. The van der Waals surface area contributed by atoms with Gasteiger partial charge in [-0.2, -0.15) is 5.26 Å². The van der Waals surface area contributed by atoms with E-state index in [1.54, 1.807) is 20.0 Å². The average molecular weight is 418 g/mol. The van der Waals surface area contributed by atoms with Gasteiger partial charge in [-0.25, -0.2) is 18.7 Å². The van der Waals surface area contributed by atoms with Crippen LogP contribution in [0.3, 0.4) is 0 Å². The number of hydrogen-bond acceptors (Lipinski definition) is 6. The summed E-state index contributed by atoms with van der Waals surface area (Å²) in [6.07, 6.45) is 6.66. The van der Waals surface area contributed by atoms with Gasteiger partial charge in [-0.15, -0.1) is 15.7 Å². The SMILES string of the molecule is CC(C)(O)c1ncc([S@@](=O)(=NC(=O)Nc2c3c(cc4c2CC4)CC3)NC#N)s1. The van der Waals surface area contributed by atoms with E-state index in [2.05, 4.69) is 25.5 Å². The van der Waals surface area contributed by atoms with Gasteiger partial charge < -0.3 is 10.4 Å². The number of nitrogens with one attached hydrogen (secondary N) is 2. The number of aryl methyl sites for hydroxylation is 2. The zero-order valence-corrected chi connectivity index (χ0v) is 17.0. The van der Waals surface area contributed by atoms with Crippen LogP contribution in [0.25, 0.3) is 0 Å². The Labute approximate surface area is 166 Å². The molecule has 0 saturated heterocycles. The molecule has 2 aliphatic rings. The quantitative estimate of drug-likeness (QED) is 0.520. The highest BCUT2D eigenvalue weighted by atomic mass is 32.2. The summed E-state index contributed by atoms with van der Waals surface area (Å²) in [5, 5.41) is 22.2. The Morgan fingerprint density at radius 1 is 1.32 bits per heavy atom. The molecule has 0 unspecified atom stereocenters. The summed E-state index contributed by atoms with van der Waals surface area (Å²) in [6.45, 7) is 3.09. The number of aliphatic hydroxyl groups is 1. The number of thiazole rings is 1. The first-order valence-electron chi connectivity index (χ1n) is 8.80. The molecule has 0 bridgehead atoms. The lowest BCUT2D eigenvalue weighted by Crippen LogP contribution is -2.25. The molecule has 2 aromatic rings. The van der Waals surface area contributed by atoms with E-state index in [9.17, 15) is 14.1 Å². The van der Waals surface area contributed by atoms with Crippen LogP contribution < -0.4 is 10.0 Å². The monoisotopic (exact) mass is 417 g/mol. The molecule has 1 aromatic carbocycles. The predicted octanol–water partition coefficient (Wildman–Crippen LogP) is 2.61. The number of aromatic nitrogens is 1. The van der Waals surface area contributed by atoms with Crippen LogP contribution in [0.4, 0.5) is 10.5 Å². The third-order valence-electron chi connectivity index (χ3n) is 4.92. The maximum Gasteiger partial charge on any atom is 0.355 e. The van der Waals surface area contributed by atoms with Crippen molar-refractivity contribution < 1.29 is 14.1 Å². The maximum absolute atomic E-state index is 13.2. The molecule has 3 N–H and O–H groups in total. The number of hydrogen-bond donors (Lipinski definition) is 3. The highest BCUT2D eigenvalue weighted by Gasteiger charge is 2.29. The molecule has 1 heterocycles. The summed E-state index contributed by atoms with van der Waals surface area (Å²) in [6, 6.07) is 1.42. The zero-order valence-electron chi connectivity index (χ0n) is 15.4. The van der Waals surface area contributed by atoms with Crippen molar-refractivity contribution in [2.24, 2.45) is 4.36 Å². The fraction of sp³-hybridized carbons (Fsp3) is 0.389. The predicted molar refractivity (Wildman–Crippen MR) is 105 cm³/mol. The van der Waals surface area contributed by atoms with E-state index in [0.717, 1.165) is 53.8 Å². The van der Waals surface area contributed by atoms with Crippen molar-refractivity contribution >= 4 is 33.0 Å². The van der Waals surface area contributed by atoms with Gasteiger partial charge in [0.1, 0.15) is 14.8 Å². The maximum atomic E-state index is 13.2. The van der Waals surface area contributed by atoms with Crippen molar-refractivity contribution in [2.75, 3.05) is 5.32 Å². The van der Waals surface area contributed by atoms with Crippen molar-refractivity contribution in [1.29, 1.82) is 5.26 Å². The van der Waals surface area contributed by atoms with E-state index >= 15 is 0 Å². The van der Waals surface area contributed by atoms with E-state index in [1.165, 1.54) is 17.3 Å². The third kappa shape index (κ3) is 3.15. The van der Waals surface area contributed by atoms with Gasteiger partial charge in [-0.3, -0.25) is 0 Å². The molecule has 0 spiro atoms. The molecule has 2 aliphatic carbocycles. The van der Waals surface area contributed by atoms with Gasteiger partial charge in [0.05, 0.1) is 6.20 Å². The number of fused-ring (bicyclic) bond motifs is 2. The lowest BCUT2D eigenvalue weighted by atomic mass is 9.76. The first-order valence-corrected chi connectivity index (χ1v) is 11.1. The first-order chi connectivity index (χ1) is 13.2. The molecular formula is C18H19N5O3S2. The number of nitrogens with zero attached hydrogens (tertiary/aromatic N) is 3. The minimum Gasteiger partial charge on any atom is -0.383 e. The zero-order chi connectivity index (χ0) is 20.1. The number of carbonyl (C=O) groups is 1. The molecule has 1 atom stereocenters. The van der Waals surface area contributed by atoms with Crippen LogP contribution in [0.15, 0.2) is 20.8 Å². The molecular weight excluding hydrogens is 398 g/mol. The Kier molecular flexibility index (Phi) is 4.41. The van der Waals surface area contributed by atoms with E-state index < -0.39 is 21.5 Å². The van der Waals surface area contributed by atoms with Crippen molar-refractivity contribution in [2.45, 2.75) is 49.3 Å². The second-order valence-electron chi connectivity index (χ2n) is 7.33. The minimum atomic E-state index is -3.54. The number of anilines is 1. The van der Waals surface area contributed by atoms with E-state index in [-0.39, 0.29) is 4.21 Å². The number of nitriles is 1. The normalized spacial score (nSPS) is 16.4. The minimum absolute atomic E-state index is 0.107. The molecule has 8 nitrogen and oxygen atoms in total. The van der Waals surface area contributed by atoms with Gasteiger partial charge in [0.25, 0.3) is 0 Å². The summed E-state index contributed by atoms with van der Waals surface area (Å²) < 4.78 is 19.2. The van der Waals surface area contributed by atoms with Crippen LogP contribution in [-0.2, 0) is 41.2 Å². The van der Waals surface area contributed by atoms with Gasteiger partial charge in [0.2, 0.25) is 0 Å². The smallest absolute Gasteiger partial charge is 0.355 e. The summed E-state index contributed by atoms with van der Waals surface area (Å²) in [5.41, 5.74) is 4.25. The van der Waals surface area contributed by atoms with Gasteiger partial charge in [0, 0.05) is 5.69 Å². The fourth-order valence-electron chi connectivity index (χ4n) is 3.32. The van der Waals surface area contributed by atoms with Crippen LogP contribution in [0, 0.1) is 11.5 Å². The van der Waals surface area contributed by atoms with Gasteiger partial charge in [-0.05, 0) is 61.8 Å². The van der Waals surface area contributed by atoms with Crippen molar-refractivity contribution in [3.63, 3.8) is 0 Å². The molecule has 28 heavy (non-hydrogen) atoms. The molecule has 146 valence electrons. The molecule has 4 rings (SSSR count). The number of benzene rings is 1. The summed E-state index contributed by atoms with van der Waals surface area (Å²) in [7, 11) is -3.54. The van der Waals surface area contributed by atoms with E-state index in [0.29, 0.717) is 5.01 Å². The molecule has 0 aliphatic heterocycles. The van der Waals surface area contributed by atoms with E-state index in [1.807, 2.05) is 0 Å². The lowest BCUT2D eigenvalue weighted by molar-refractivity contribution is 0.0783. The standard InChI is InChI=1S/C18H19N5O3S2/c1-18(2,25)16-20-8-14(27-16)28(26,21-9-19)23-17(24)22-15-12-5-3-10(12)7-11-4-6-13(11)15/h7-8,25H,3-6H2,1-2H3,(H2,21,22,23,24,26)/t28-/m0/s1. The van der Waals surface area contributed by atoms with Crippen LogP contribution in [0.1, 0.15) is 41.1 Å². The number of carbonyl (C=O) groups excluding carboxylic acids is 1. The van der Waals surface area contributed by atoms with Crippen molar-refractivity contribution in [3.8, 4) is 6.19 Å². The summed E-state index contributed by atoms with van der Waals surface area (Å²) >= 11 is 0.945. The number of urea groups is 1. The first kappa shape index (κ1) is 18.9. The second kappa shape index (κ2) is 6.55. The van der Waals surface area contributed by atoms with Crippen molar-refractivity contribution in [3.05, 3.63) is 39.5 Å². The van der Waals surface area contributed by atoms with Crippen LogP contribution in [-0.4, -0.2) is 20.3 Å². The van der Waals surface area contributed by atoms with Crippen LogP contribution in [0.5, 0.6) is 0 Å². The van der Waals surface area contributed by atoms with E-state index in [4.69, 9.17) is 5.26 Å². The topological polar surface area (TPSA) is 127 Å². The Hall–Kier alpha value is -2.48. The molecule has 2 amide bonds. The Morgan fingerprint density at radius 3 is 2.43 bits per heavy atom. The molecule has 0 saturated carbocycles. The second-order valence-corrected chi connectivity index (χ2v) is 10.5. The van der Waals surface area contributed by atoms with Gasteiger partial charge in [-0.1, -0.05) is 6.07 Å². The highest BCUT2D eigenvalue weighted by molar-refractivity contribution is 7.94. The molecule has 0 radical (unpaired) electrons. The van der Waals surface area contributed by atoms with Crippen LogP contribution >= 0.6 is 11.3 Å². The lowest BCUT2D eigenvalue weighted by Gasteiger charge is -2.31. The Balaban J connectivity index is 1.68. The fourth-order valence-corrected chi connectivity index (χ4v) is 5.73. The number of amides is 2. The highest BCUT2D eigenvalue weighted by Crippen LogP contribution is 2.40. The average Bonchev–Trinajstić information content (AvgIpc) is 3.02. The largest absolute Gasteiger partial charge is 0.383 e. The van der Waals surface area contributed by atoms with Gasteiger partial charge >= 0.3 is 6.03 Å². The molecule has 10 heteroatoms. The molecule has 0 fully saturated rings. The van der Waals surface area contributed by atoms with Crippen molar-refractivity contribution in [1.82, 2.24) is 9.71 Å². The van der Waals surface area contributed by atoms with Gasteiger partial charge in [0.15, 0.2) is 16.1 Å². The Morgan fingerprint density at radius 2 is 1.96 bits per heavy atom. The Bertz CT molecular complexity index is 1120. The summed E-state index contributed by atoms with van der Waals surface area (Å²) in [5.74, 6) is 0. The third-order valence-corrected chi connectivity index (χ3v) is 8.40. The number of rotatable bonds is 4. The summed E-state index contributed by atoms with van der Waals surface area (Å²) in [4.78, 5) is 16.6. The van der Waals surface area contributed by atoms with Crippen LogP contribution in [0.2, 0.25) is 0 Å².